The molecule has 0 bridgehead atoms. The first-order chi connectivity index (χ1) is 11.4. The fourth-order valence-corrected chi connectivity index (χ4v) is 2.06. The predicted octanol–water partition coefficient (Wildman–Crippen LogP) is 2.88. The van der Waals surface area contributed by atoms with Crippen molar-refractivity contribution in [1.82, 2.24) is 15.6 Å². The van der Waals surface area contributed by atoms with Crippen molar-refractivity contribution in [1.29, 1.82) is 0 Å². The molecule has 0 fully saturated rings. The number of aliphatic imine (C=N–C) groups is 1. The van der Waals surface area contributed by atoms with Crippen molar-refractivity contribution in [3.8, 4) is 5.75 Å². The lowest BCUT2D eigenvalue weighted by Gasteiger charge is -2.12. The Hall–Kier alpha value is -1.83. The standard InChI is InChI=1S/C18H24N4O.HI/c1-19-18(22-14-11-16-8-5-6-12-20-16)21-13-7-15-23-17-9-3-2-4-10-17;/h2-6,8-10,12H,7,11,13-15H2,1H3,(H2,19,21,22);1H. The highest BCUT2D eigenvalue weighted by atomic mass is 127. The van der Waals surface area contributed by atoms with Crippen LogP contribution >= 0.6 is 24.0 Å². The third-order valence-electron chi connectivity index (χ3n) is 3.25. The fraction of sp³-hybridized carbons (Fsp3) is 0.333. The number of halogens is 1. The number of hydrogen-bond donors (Lipinski definition) is 2. The van der Waals surface area contributed by atoms with Crippen LogP contribution in [0.3, 0.4) is 0 Å². The number of benzene rings is 1. The summed E-state index contributed by atoms with van der Waals surface area (Å²) < 4.78 is 5.65. The molecule has 1 aromatic carbocycles. The second-order valence-corrected chi connectivity index (χ2v) is 5.01. The monoisotopic (exact) mass is 440 g/mol. The average Bonchev–Trinajstić information content (AvgIpc) is 2.61. The van der Waals surface area contributed by atoms with Gasteiger partial charge in [0.2, 0.25) is 0 Å². The first-order valence-corrected chi connectivity index (χ1v) is 7.91. The third-order valence-corrected chi connectivity index (χ3v) is 3.25. The molecule has 6 heteroatoms. The highest BCUT2D eigenvalue weighted by Gasteiger charge is 1.98. The van der Waals surface area contributed by atoms with Crippen LogP contribution in [0.2, 0.25) is 0 Å². The van der Waals surface area contributed by atoms with Crippen LogP contribution in [-0.4, -0.2) is 37.7 Å². The minimum atomic E-state index is 0. The maximum atomic E-state index is 5.65. The van der Waals surface area contributed by atoms with Gasteiger partial charge >= 0.3 is 0 Å². The van der Waals surface area contributed by atoms with Crippen molar-refractivity contribution in [2.24, 2.45) is 4.99 Å². The summed E-state index contributed by atoms with van der Waals surface area (Å²) in [5.41, 5.74) is 1.08. The first-order valence-electron chi connectivity index (χ1n) is 7.91. The highest BCUT2D eigenvalue weighted by molar-refractivity contribution is 14.0. The van der Waals surface area contributed by atoms with E-state index in [1.165, 1.54) is 0 Å². The number of aromatic nitrogens is 1. The Morgan fingerprint density at radius 2 is 1.79 bits per heavy atom. The number of rotatable bonds is 8. The maximum absolute atomic E-state index is 5.65. The number of hydrogen-bond acceptors (Lipinski definition) is 3. The molecule has 0 amide bonds. The topological polar surface area (TPSA) is 58.5 Å². The Bertz CT molecular complexity index is 578. The Labute approximate surface area is 161 Å². The van der Waals surface area contributed by atoms with Crippen LogP contribution in [0, 0.1) is 0 Å². The molecule has 2 N–H and O–H groups in total. The molecule has 0 aliphatic rings. The van der Waals surface area contributed by atoms with Gasteiger partial charge in [-0.2, -0.15) is 0 Å². The molecule has 0 atom stereocenters. The molecular formula is C18H25IN4O. The SMILES string of the molecule is CN=C(NCCCOc1ccccc1)NCCc1ccccn1.I. The zero-order valence-corrected chi connectivity index (χ0v) is 16.3. The number of pyridine rings is 1. The van der Waals surface area contributed by atoms with Gasteiger partial charge in [-0.15, -0.1) is 24.0 Å². The molecule has 24 heavy (non-hydrogen) atoms. The summed E-state index contributed by atoms with van der Waals surface area (Å²) in [7, 11) is 1.77. The van der Waals surface area contributed by atoms with Crippen molar-refractivity contribution in [2.75, 3.05) is 26.7 Å². The molecule has 0 unspecified atom stereocenters. The van der Waals surface area contributed by atoms with E-state index in [2.05, 4.69) is 20.6 Å². The van der Waals surface area contributed by atoms with Gasteiger partial charge in [0.05, 0.1) is 6.61 Å². The number of nitrogens with zero attached hydrogens (tertiary/aromatic N) is 2. The van der Waals surface area contributed by atoms with E-state index >= 15 is 0 Å². The zero-order valence-electron chi connectivity index (χ0n) is 13.9. The molecule has 5 nitrogen and oxygen atoms in total. The molecule has 0 saturated heterocycles. The summed E-state index contributed by atoms with van der Waals surface area (Å²) >= 11 is 0. The normalized spacial score (nSPS) is 10.6. The predicted molar refractivity (Wildman–Crippen MR) is 109 cm³/mol. The number of para-hydroxylation sites is 1. The smallest absolute Gasteiger partial charge is 0.190 e. The molecule has 0 saturated carbocycles. The van der Waals surface area contributed by atoms with E-state index < -0.39 is 0 Å². The van der Waals surface area contributed by atoms with Crippen LogP contribution in [0.25, 0.3) is 0 Å². The van der Waals surface area contributed by atoms with Crippen molar-refractivity contribution in [3.63, 3.8) is 0 Å². The van der Waals surface area contributed by atoms with E-state index in [4.69, 9.17) is 4.74 Å². The average molecular weight is 440 g/mol. The van der Waals surface area contributed by atoms with Crippen molar-refractivity contribution in [3.05, 3.63) is 60.4 Å². The summed E-state index contributed by atoms with van der Waals surface area (Å²) in [6.07, 6.45) is 3.60. The summed E-state index contributed by atoms with van der Waals surface area (Å²) in [5, 5.41) is 6.57. The summed E-state index contributed by atoms with van der Waals surface area (Å²) in [6.45, 7) is 2.30. The van der Waals surface area contributed by atoms with E-state index in [9.17, 15) is 0 Å². The van der Waals surface area contributed by atoms with Gasteiger partial charge in [0.25, 0.3) is 0 Å². The fourth-order valence-electron chi connectivity index (χ4n) is 2.06. The van der Waals surface area contributed by atoms with Crippen molar-refractivity contribution >= 4 is 29.9 Å². The minimum Gasteiger partial charge on any atom is -0.494 e. The van der Waals surface area contributed by atoms with Crippen molar-refractivity contribution < 1.29 is 4.74 Å². The maximum Gasteiger partial charge on any atom is 0.190 e. The number of ether oxygens (including phenoxy) is 1. The zero-order chi connectivity index (χ0) is 16.2. The van der Waals surface area contributed by atoms with Gasteiger partial charge in [-0.1, -0.05) is 24.3 Å². The third kappa shape index (κ3) is 8.14. The molecule has 2 aromatic rings. The molecule has 2 rings (SSSR count). The molecular weight excluding hydrogens is 415 g/mol. The van der Waals surface area contributed by atoms with E-state index in [1.54, 1.807) is 7.05 Å². The summed E-state index contributed by atoms with van der Waals surface area (Å²) in [4.78, 5) is 8.51. The van der Waals surface area contributed by atoms with Gasteiger partial charge < -0.3 is 15.4 Å². The second kappa shape index (κ2) is 12.6. The van der Waals surface area contributed by atoms with E-state index in [0.717, 1.165) is 43.3 Å². The minimum absolute atomic E-state index is 0. The lowest BCUT2D eigenvalue weighted by atomic mass is 10.3. The molecule has 130 valence electrons. The Morgan fingerprint density at radius 3 is 2.50 bits per heavy atom. The number of nitrogens with one attached hydrogen (secondary N) is 2. The second-order valence-electron chi connectivity index (χ2n) is 5.01. The van der Waals surface area contributed by atoms with Gasteiger partial charge in [0, 0.05) is 38.4 Å². The first kappa shape index (κ1) is 20.2. The van der Waals surface area contributed by atoms with Crippen LogP contribution in [0.5, 0.6) is 5.75 Å². The Kier molecular flexibility index (Phi) is 10.6. The molecule has 0 radical (unpaired) electrons. The Balaban J connectivity index is 0.00000288. The van der Waals surface area contributed by atoms with Crippen LogP contribution in [0.1, 0.15) is 12.1 Å². The van der Waals surface area contributed by atoms with Crippen molar-refractivity contribution in [2.45, 2.75) is 12.8 Å². The van der Waals surface area contributed by atoms with E-state index in [1.807, 2.05) is 54.7 Å². The van der Waals surface area contributed by atoms with Gasteiger partial charge in [-0.3, -0.25) is 9.98 Å². The van der Waals surface area contributed by atoms with Crippen LogP contribution in [0.4, 0.5) is 0 Å². The number of guanidine groups is 1. The molecule has 0 aliphatic heterocycles. The van der Waals surface area contributed by atoms with Gasteiger partial charge in [0.15, 0.2) is 5.96 Å². The van der Waals surface area contributed by atoms with Crippen LogP contribution < -0.4 is 15.4 Å². The van der Waals surface area contributed by atoms with Crippen LogP contribution in [-0.2, 0) is 6.42 Å². The molecule has 1 aromatic heterocycles. The van der Waals surface area contributed by atoms with E-state index in [-0.39, 0.29) is 24.0 Å². The van der Waals surface area contributed by atoms with E-state index in [0.29, 0.717) is 6.61 Å². The summed E-state index contributed by atoms with van der Waals surface area (Å²) in [5.74, 6) is 1.71. The molecule has 0 spiro atoms. The molecule has 0 aliphatic carbocycles. The highest BCUT2D eigenvalue weighted by Crippen LogP contribution is 2.07. The Morgan fingerprint density at radius 1 is 1.04 bits per heavy atom. The summed E-state index contributed by atoms with van der Waals surface area (Å²) in [6, 6.07) is 15.8. The van der Waals surface area contributed by atoms with Gasteiger partial charge in [-0.25, -0.2) is 0 Å². The lowest BCUT2D eigenvalue weighted by Crippen LogP contribution is -2.39. The van der Waals surface area contributed by atoms with Gasteiger partial charge in [0.1, 0.15) is 5.75 Å². The molecule has 1 heterocycles. The quantitative estimate of drug-likeness (QED) is 0.287. The van der Waals surface area contributed by atoms with Gasteiger partial charge in [-0.05, 0) is 30.7 Å². The largest absolute Gasteiger partial charge is 0.494 e. The van der Waals surface area contributed by atoms with Crippen LogP contribution in [0.15, 0.2) is 59.7 Å². The lowest BCUT2D eigenvalue weighted by molar-refractivity contribution is 0.311.